The number of alkyl halides is 3. The van der Waals surface area contributed by atoms with Crippen LogP contribution in [-0.2, 0) is 15.7 Å². The van der Waals surface area contributed by atoms with Crippen molar-refractivity contribution in [2.45, 2.75) is 31.5 Å². The molecule has 1 aromatic rings. The average molecular weight is 343 g/mol. The minimum Gasteiger partial charge on any atom is -0.368 e. The van der Waals surface area contributed by atoms with Crippen molar-refractivity contribution in [1.82, 2.24) is 9.88 Å². The predicted molar refractivity (Wildman–Crippen MR) is 81.6 cm³/mol. The Morgan fingerprint density at radius 3 is 2.62 bits per heavy atom. The van der Waals surface area contributed by atoms with E-state index in [-0.39, 0.29) is 12.0 Å². The van der Waals surface area contributed by atoms with Gasteiger partial charge in [0.1, 0.15) is 11.9 Å². The van der Waals surface area contributed by atoms with E-state index in [9.17, 15) is 18.0 Å². The number of ether oxygens (including phenoxy) is 1. The van der Waals surface area contributed by atoms with E-state index in [1.165, 1.54) is 6.07 Å². The molecular weight excluding hydrogens is 323 g/mol. The van der Waals surface area contributed by atoms with E-state index < -0.39 is 11.7 Å². The lowest BCUT2D eigenvalue weighted by molar-refractivity contribution is -0.140. The number of hydrogen-bond donors (Lipinski definition) is 0. The van der Waals surface area contributed by atoms with Gasteiger partial charge in [0.2, 0.25) is 0 Å². The normalized spacial score (nSPS) is 22.5. The van der Waals surface area contributed by atoms with E-state index in [4.69, 9.17) is 4.74 Å². The van der Waals surface area contributed by atoms with Gasteiger partial charge in [-0.25, -0.2) is 4.98 Å². The van der Waals surface area contributed by atoms with Crippen molar-refractivity contribution in [3.63, 3.8) is 0 Å². The Morgan fingerprint density at radius 2 is 2.00 bits per heavy atom. The third kappa shape index (κ3) is 3.80. The molecule has 24 heavy (non-hydrogen) atoms. The van der Waals surface area contributed by atoms with Gasteiger partial charge in [0.15, 0.2) is 0 Å². The molecule has 3 heterocycles. The molecule has 1 atom stereocenters. The molecule has 2 fully saturated rings. The molecule has 3 rings (SSSR count). The van der Waals surface area contributed by atoms with Crippen LogP contribution in [0.15, 0.2) is 18.3 Å². The number of rotatable bonds is 2. The first-order valence-corrected chi connectivity index (χ1v) is 8.14. The van der Waals surface area contributed by atoms with Gasteiger partial charge >= 0.3 is 6.18 Å². The third-order valence-electron chi connectivity index (χ3n) is 4.41. The van der Waals surface area contributed by atoms with Crippen LogP contribution in [0.1, 0.15) is 24.8 Å². The van der Waals surface area contributed by atoms with Crippen LogP contribution < -0.4 is 4.90 Å². The molecule has 2 aliphatic rings. The maximum atomic E-state index is 12.6. The first kappa shape index (κ1) is 17.0. The van der Waals surface area contributed by atoms with Gasteiger partial charge in [-0.05, 0) is 31.4 Å². The number of pyridine rings is 1. The van der Waals surface area contributed by atoms with Crippen LogP contribution in [-0.4, -0.2) is 54.7 Å². The summed E-state index contributed by atoms with van der Waals surface area (Å²) in [5.41, 5.74) is -0.753. The van der Waals surface area contributed by atoms with Gasteiger partial charge in [-0.15, -0.1) is 0 Å². The molecule has 132 valence electrons. The number of nitrogens with zero attached hydrogens (tertiary/aromatic N) is 3. The second-order valence-corrected chi connectivity index (χ2v) is 6.07. The number of hydrogen-bond acceptors (Lipinski definition) is 4. The second kappa shape index (κ2) is 6.96. The van der Waals surface area contributed by atoms with Crippen LogP contribution in [0.5, 0.6) is 0 Å². The number of anilines is 1. The molecule has 2 aliphatic heterocycles. The van der Waals surface area contributed by atoms with Gasteiger partial charge in [-0.3, -0.25) is 4.79 Å². The first-order chi connectivity index (χ1) is 11.4. The van der Waals surface area contributed by atoms with Crippen LogP contribution in [0.25, 0.3) is 0 Å². The number of amides is 1. The average Bonchev–Trinajstić information content (AvgIpc) is 2.98. The minimum atomic E-state index is -4.38. The summed E-state index contributed by atoms with van der Waals surface area (Å²) in [4.78, 5) is 20.0. The number of aromatic nitrogens is 1. The highest BCUT2D eigenvalue weighted by Crippen LogP contribution is 2.29. The molecule has 1 amide bonds. The fourth-order valence-corrected chi connectivity index (χ4v) is 3.08. The Balaban J connectivity index is 1.61. The van der Waals surface area contributed by atoms with E-state index >= 15 is 0 Å². The predicted octanol–water partition coefficient (Wildman–Crippen LogP) is 2.32. The highest BCUT2D eigenvalue weighted by molar-refractivity contribution is 5.81. The van der Waals surface area contributed by atoms with Gasteiger partial charge in [0, 0.05) is 39.0 Å². The fraction of sp³-hybridized carbons (Fsp3) is 0.625. The maximum Gasteiger partial charge on any atom is 0.417 e. The maximum absolute atomic E-state index is 12.6. The molecule has 1 unspecified atom stereocenters. The molecule has 0 radical (unpaired) electrons. The Morgan fingerprint density at radius 1 is 1.17 bits per heavy atom. The molecule has 0 aromatic carbocycles. The zero-order valence-corrected chi connectivity index (χ0v) is 13.3. The largest absolute Gasteiger partial charge is 0.417 e. The molecular formula is C16H20F3N3O2. The highest BCUT2D eigenvalue weighted by atomic mass is 19.4. The summed E-state index contributed by atoms with van der Waals surface area (Å²) in [6.45, 7) is 3.01. The molecule has 0 spiro atoms. The molecule has 5 nitrogen and oxygen atoms in total. The molecule has 0 aliphatic carbocycles. The lowest BCUT2D eigenvalue weighted by Crippen LogP contribution is -2.41. The monoisotopic (exact) mass is 343 g/mol. The van der Waals surface area contributed by atoms with Crippen LogP contribution >= 0.6 is 0 Å². The van der Waals surface area contributed by atoms with Gasteiger partial charge in [0.25, 0.3) is 5.91 Å². The van der Waals surface area contributed by atoms with Crippen LogP contribution in [0.3, 0.4) is 0 Å². The summed E-state index contributed by atoms with van der Waals surface area (Å²) < 4.78 is 43.3. The Bertz CT molecular complexity index is 571. The van der Waals surface area contributed by atoms with E-state index in [1.54, 1.807) is 4.90 Å². The van der Waals surface area contributed by atoms with Gasteiger partial charge in [-0.1, -0.05) is 0 Å². The molecule has 0 saturated carbocycles. The summed E-state index contributed by atoms with van der Waals surface area (Å²) in [5, 5.41) is 0. The summed E-state index contributed by atoms with van der Waals surface area (Å²) >= 11 is 0. The lowest BCUT2D eigenvalue weighted by Gasteiger charge is -2.24. The van der Waals surface area contributed by atoms with Crippen molar-refractivity contribution in [3.8, 4) is 0 Å². The summed E-state index contributed by atoms with van der Waals surface area (Å²) in [6.07, 6.45) is -1.43. The van der Waals surface area contributed by atoms with Gasteiger partial charge in [-0.2, -0.15) is 13.2 Å². The third-order valence-corrected chi connectivity index (χ3v) is 4.41. The first-order valence-electron chi connectivity index (χ1n) is 8.14. The van der Waals surface area contributed by atoms with Crippen molar-refractivity contribution < 1.29 is 22.7 Å². The Kier molecular flexibility index (Phi) is 4.93. The van der Waals surface area contributed by atoms with E-state index in [2.05, 4.69) is 4.98 Å². The molecule has 2 saturated heterocycles. The Hall–Kier alpha value is -1.83. The molecule has 1 aromatic heterocycles. The zero-order chi connectivity index (χ0) is 17.2. The minimum absolute atomic E-state index is 0.0229. The summed E-state index contributed by atoms with van der Waals surface area (Å²) in [5.74, 6) is 0.532. The standard InChI is InChI=1S/C16H20F3N3O2/c17-16(18,19)12-4-5-14(20-11-12)21-6-2-7-22(9-8-21)15(23)13-3-1-10-24-13/h4-5,11,13H,1-3,6-10H2. The van der Waals surface area contributed by atoms with E-state index in [0.717, 1.165) is 31.5 Å². The lowest BCUT2D eigenvalue weighted by atomic mass is 10.2. The van der Waals surface area contributed by atoms with Crippen LogP contribution in [0, 0.1) is 0 Å². The molecule has 0 N–H and O–H groups in total. The summed E-state index contributed by atoms with van der Waals surface area (Å²) in [7, 11) is 0. The van der Waals surface area contributed by atoms with Crippen LogP contribution in [0.4, 0.5) is 19.0 Å². The topological polar surface area (TPSA) is 45.7 Å². The zero-order valence-electron chi connectivity index (χ0n) is 13.3. The quantitative estimate of drug-likeness (QED) is 0.827. The van der Waals surface area contributed by atoms with Crippen molar-refractivity contribution in [2.24, 2.45) is 0 Å². The smallest absolute Gasteiger partial charge is 0.368 e. The van der Waals surface area contributed by atoms with Gasteiger partial charge < -0.3 is 14.5 Å². The summed E-state index contributed by atoms with van der Waals surface area (Å²) in [6, 6.07) is 2.43. The van der Waals surface area contributed by atoms with Gasteiger partial charge in [0.05, 0.1) is 5.56 Å². The fourth-order valence-electron chi connectivity index (χ4n) is 3.08. The van der Waals surface area contributed by atoms with E-state index in [1.807, 2.05) is 4.90 Å². The van der Waals surface area contributed by atoms with E-state index in [0.29, 0.717) is 38.6 Å². The Labute approximate surface area is 138 Å². The van der Waals surface area contributed by atoms with Crippen molar-refractivity contribution in [3.05, 3.63) is 23.9 Å². The van der Waals surface area contributed by atoms with Crippen molar-refractivity contribution >= 4 is 11.7 Å². The SMILES string of the molecule is O=C(C1CCCO1)N1CCCN(c2ccc(C(F)(F)F)cn2)CC1. The van der Waals surface area contributed by atoms with Crippen LogP contribution in [0.2, 0.25) is 0 Å². The highest BCUT2D eigenvalue weighted by Gasteiger charge is 2.32. The number of carbonyl (C=O) groups excluding carboxylic acids is 1. The second-order valence-electron chi connectivity index (χ2n) is 6.07. The molecule has 0 bridgehead atoms. The van der Waals surface area contributed by atoms with Crippen molar-refractivity contribution in [2.75, 3.05) is 37.7 Å². The van der Waals surface area contributed by atoms with Crippen molar-refractivity contribution in [1.29, 1.82) is 0 Å². The number of halogens is 3. The molecule has 8 heteroatoms. The number of carbonyl (C=O) groups is 1.